The summed E-state index contributed by atoms with van der Waals surface area (Å²) in [6.45, 7) is 4.67. The summed E-state index contributed by atoms with van der Waals surface area (Å²) in [4.78, 5) is 11.4. The van der Waals surface area contributed by atoms with E-state index in [9.17, 15) is 4.79 Å². The van der Waals surface area contributed by atoms with Crippen LogP contribution in [0.2, 0.25) is 0 Å². The van der Waals surface area contributed by atoms with Crippen molar-refractivity contribution in [1.29, 1.82) is 0 Å². The van der Waals surface area contributed by atoms with Crippen molar-refractivity contribution in [1.82, 2.24) is 10.6 Å². The van der Waals surface area contributed by atoms with Crippen LogP contribution in [0.4, 0.5) is 0 Å². The average Bonchev–Trinajstić information content (AvgIpc) is 3.33. The quantitative estimate of drug-likeness (QED) is 0.177. The Morgan fingerprint density at radius 1 is 1.30 bits per heavy atom. The second kappa shape index (κ2) is 14.5. The molecule has 5 atom stereocenters. The van der Waals surface area contributed by atoms with E-state index in [1.54, 1.807) is 0 Å². The van der Waals surface area contributed by atoms with Crippen molar-refractivity contribution in [2.45, 2.75) is 69.3 Å². The van der Waals surface area contributed by atoms with Crippen molar-refractivity contribution < 1.29 is 14.6 Å². The summed E-state index contributed by atoms with van der Waals surface area (Å²) in [7, 11) is 0. The molecule has 2 rings (SSSR count). The topological polar surface area (TPSA) is 70.6 Å². The summed E-state index contributed by atoms with van der Waals surface area (Å²) < 4.78 is 6.17. The van der Waals surface area contributed by atoms with Gasteiger partial charge in [-0.25, -0.2) is 0 Å². The Labute approximate surface area is 196 Å². The van der Waals surface area contributed by atoms with Crippen molar-refractivity contribution in [3.8, 4) is 0 Å². The molecule has 2 aliphatic heterocycles. The number of allylic oxidation sites excluding steroid dienone is 2. The fourth-order valence-corrected chi connectivity index (χ4v) is 5.75. The molecule has 30 heavy (non-hydrogen) atoms. The summed E-state index contributed by atoms with van der Waals surface area (Å²) >= 11 is 12.4. The number of carboxylic acids is 1. The molecule has 8 heteroatoms. The Morgan fingerprint density at radius 2 is 2.07 bits per heavy atom. The first-order valence-corrected chi connectivity index (χ1v) is 13.0. The number of nitrogens with one attached hydrogen (secondary N) is 2. The van der Waals surface area contributed by atoms with Crippen LogP contribution < -0.4 is 10.6 Å². The lowest BCUT2D eigenvalue weighted by Gasteiger charge is -2.28. The number of unbranched alkanes of at least 4 members (excludes halogenated alkanes) is 1. The molecule has 2 heterocycles. The lowest BCUT2D eigenvalue weighted by atomic mass is 9.77. The second-order valence-electron chi connectivity index (χ2n) is 8.05. The molecular weight excluding hydrogens is 436 g/mol. The highest BCUT2D eigenvalue weighted by Crippen LogP contribution is 2.44. The minimum atomic E-state index is -0.722. The number of rotatable bonds is 16. The van der Waals surface area contributed by atoms with E-state index >= 15 is 0 Å². The van der Waals surface area contributed by atoms with Gasteiger partial charge in [-0.15, -0.1) is 0 Å². The highest BCUT2D eigenvalue weighted by atomic mass is 32.2. The van der Waals surface area contributed by atoms with Crippen LogP contribution in [-0.2, 0) is 9.53 Å². The molecule has 0 aromatic heterocycles. The summed E-state index contributed by atoms with van der Waals surface area (Å²) in [6.07, 6.45) is 11.2. The lowest BCUT2D eigenvalue weighted by Crippen LogP contribution is -2.40. The highest BCUT2D eigenvalue weighted by Gasteiger charge is 2.47. The Morgan fingerprint density at radius 3 is 2.77 bits per heavy atom. The standard InChI is InChI=1S/C22H36N2O3S3/c1-2-16(15-28)30-12-11-23-14-21(29)24-13-18-17(19-9-10-20(18)27-19)7-5-3-4-6-8-22(25)26/h3,5,15-20,23H,2,4,6-14H2,1H3,(H,24,29)(H,25,26)/t16?,17-,18+,19-,20+/m0/s1. The fourth-order valence-electron chi connectivity index (χ4n) is 4.25. The molecule has 0 aromatic rings. The van der Waals surface area contributed by atoms with Gasteiger partial charge in [0, 0.05) is 43.0 Å². The Kier molecular flexibility index (Phi) is 12.4. The molecule has 0 radical (unpaired) electrons. The molecular formula is C22H36N2O3S3. The van der Waals surface area contributed by atoms with Gasteiger partial charge >= 0.3 is 5.97 Å². The van der Waals surface area contributed by atoms with E-state index in [0.29, 0.717) is 42.3 Å². The van der Waals surface area contributed by atoms with Crippen LogP contribution in [-0.4, -0.2) is 64.3 Å². The molecule has 2 aliphatic rings. The third-order valence-electron chi connectivity index (χ3n) is 5.91. The van der Waals surface area contributed by atoms with Gasteiger partial charge in [0.2, 0.25) is 0 Å². The molecule has 170 valence electrons. The molecule has 0 amide bonds. The first kappa shape index (κ1) is 25.7. The van der Waals surface area contributed by atoms with Crippen LogP contribution in [0.5, 0.6) is 0 Å². The van der Waals surface area contributed by atoms with E-state index in [1.807, 2.05) is 17.1 Å². The third kappa shape index (κ3) is 8.91. The molecule has 2 saturated heterocycles. The lowest BCUT2D eigenvalue weighted by molar-refractivity contribution is -0.137. The molecule has 0 spiro atoms. The summed E-state index contributed by atoms with van der Waals surface area (Å²) in [5.41, 5.74) is 0. The number of hydrogen-bond donors (Lipinski definition) is 3. The number of aliphatic carboxylic acids is 1. The summed E-state index contributed by atoms with van der Waals surface area (Å²) in [5, 5.41) is 17.9. The van der Waals surface area contributed by atoms with E-state index in [2.05, 4.69) is 29.7 Å². The molecule has 0 saturated carbocycles. The largest absolute Gasteiger partial charge is 0.481 e. The van der Waals surface area contributed by atoms with Gasteiger partial charge in [0.1, 0.15) is 0 Å². The number of fused-ring (bicyclic) bond motifs is 2. The zero-order valence-electron chi connectivity index (χ0n) is 17.9. The number of carbonyl (C=O) groups is 1. The van der Waals surface area contributed by atoms with E-state index < -0.39 is 5.97 Å². The van der Waals surface area contributed by atoms with Gasteiger partial charge in [-0.1, -0.05) is 43.5 Å². The normalized spacial score (nSPS) is 26.2. The molecule has 2 bridgehead atoms. The van der Waals surface area contributed by atoms with Gasteiger partial charge in [0.05, 0.1) is 17.2 Å². The smallest absolute Gasteiger partial charge is 0.303 e. The Bertz CT molecular complexity index is 588. The third-order valence-corrected chi connectivity index (χ3v) is 8.04. The molecule has 1 unspecified atom stereocenters. The number of thioether (sulfide) groups is 1. The van der Waals surface area contributed by atoms with Gasteiger partial charge in [-0.3, -0.25) is 4.79 Å². The number of thiocarbonyl (C=S) groups is 2. The minimum absolute atomic E-state index is 0.240. The van der Waals surface area contributed by atoms with Crippen LogP contribution in [0.15, 0.2) is 12.2 Å². The summed E-state index contributed by atoms with van der Waals surface area (Å²) in [5.74, 6) is 1.34. The molecule has 2 fully saturated rings. The second-order valence-corrected chi connectivity index (χ2v) is 10.2. The molecule has 3 N–H and O–H groups in total. The molecule has 5 nitrogen and oxygen atoms in total. The highest BCUT2D eigenvalue weighted by molar-refractivity contribution is 8.01. The van der Waals surface area contributed by atoms with Gasteiger partial charge in [0.25, 0.3) is 0 Å². The van der Waals surface area contributed by atoms with E-state index in [1.165, 1.54) is 0 Å². The van der Waals surface area contributed by atoms with E-state index in [0.717, 1.165) is 55.9 Å². The van der Waals surface area contributed by atoms with Crippen molar-refractivity contribution in [3.05, 3.63) is 12.2 Å². The Hall–Kier alpha value is -0.540. The molecule has 0 aromatic carbocycles. The van der Waals surface area contributed by atoms with Gasteiger partial charge < -0.3 is 20.5 Å². The number of carboxylic acid groups (broad SMARTS) is 1. The monoisotopic (exact) mass is 472 g/mol. The predicted octanol–water partition coefficient (Wildman–Crippen LogP) is 4.00. The zero-order valence-corrected chi connectivity index (χ0v) is 20.3. The first-order chi connectivity index (χ1) is 14.5. The Balaban J connectivity index is 1.63. The van der Waals surface area contributed by atoms with Crippen LogP contribution >= 0.6 is 36.2 Å². The van der Waals surface area contributed by atoms with Gasteiger partial charge in [-0.2, -0.15) is 11.8 Å². The summed E-state index contributed by atoms with van der Waals surface area (Å²) in [6, 6.07) is 0. The van der Waals surface area contributed by atoms with Crippen molar-refractivity contribution in [3.63, 3.8) is 0 Å². The van der Waals surface area contributed by atoms with Crippen molar-refractivity contribution in [2.24, 2.45) is 11.8 Å². The fraction of sp³-hybridized carbons (Fsp3) is 0.773. The number of ether oxygens (including phenoxy) is 1. The SMILES string of the molecule is CCC(C=S)SCCNCC(=S)NC[C@@H]1[C@H](CC=CCCCC(=O)O)[C@@H]2CC[C@H]1O2. The van der Waals surface area contributed by atoms with Crippen LogP contribution in [0.25, 0.3) is 0 Å². The van der Waals surface area contributed by atoms with E-state index in [4.69, 9.17) is 34.3 Å². The predicted molar refractivity (Wildman–Crippen MR) is 134 cm³/mol. The maximum atomic E-state index is 10.6. The maximum absolute atomic E-state index is 10.6. The van der Waals surface area contributed by atoms with E-state index in [-0.39, 0.29) is 6.42 Å². The van der Waals surface area contributed by atoms with Crippen LogP contribution in [0.1, 0.15) is 51.9 Å². The van der Waals surface area contributed by atoms with Crippen molar-refractivity contribution in [2.75, 3.05) is 25.4 Å². The van der Waals surface area contributed by atoms with Gasteiger partial charge in [0.15, 0.2) is 0 Å². The average molecular weight is 473 g/mol. The zero-order chi connectivity index (χ0) is 21.8. The van der Waals surface area contributed by atoms with Crippen molar-refractivity contribution >= 4 is 52.5 Å². The van der Waals surface area contributed by atoms with Gasteiger partial charge in [-0.05, 0) is 49.8 Å². The van der Waals surface area contributed by atoms with Crippen LogP contribution in [0.3, 0.4) is 0 Å². The molecule has 0 aliphatic carbocycles. The minimum Gasteiger partial charge on any atom is -0.481 e. The maximum Gasteiger partial charge on any atom is 0.303 e. The first-order valence-electron chi connectivity index (χ1n) is 11.1. The van der Waals surface area contributed by atoms with Crippen LogP contribution in [0, 0.1) is 11.8 Å². The number of hydrogen-bond acceptors (Lipinski definition) is 6.